The maximum Gasteiger partial charge on any atom is 0.300 e. The van der Waals surface area contributed by atoms with Gasteiger partial charge < -0.3 is 25.2 Å². The van der Waals surface area contributed by atoms with E-state index in [1.54, 1.807) is 6.08 Å². The number of aliphatic hydroxyl groups excluding tert-OH is 2. The minimum Gasteiger partial charge on any atom is -0.481 e. The topological polar surface area (TPSA) is 124 Å². The van der Waals surface area contributed by atoms with E-state index >= 15 is 0 Å². The third kappa shape index (κ3) is 21.8. The van der Waals surface area contributed by atoms with E-state index in [9.17, 15) is 0 Å². The summed E-state index contributed by atoms with van der Waals surface area (Å²) >= 11 is 0. The Bertz CT molecular complexity index is 231. The molecule has 0 aliphatic carbocycles. The van der Waals surface area contributed by atoms with E-state index in [4.69, 9.17) is 34.8 Å². The zero-order valence-electron chi connectivity index (χ0n) is 12.3. The quantitative estimate of drug-likeness (QED) is 0.403. The van der Waals surface area contributed by atoms with Crippen molar-refractivity contribution in [1.29, 1.82) is 0 Å². The van der Waals surface area contributed by atoms with Crippen molar-refractivity contribution in [2.24, 2.45) is 5.41 Å². The fourth-order valence-electron chi connectivity index (χ4n) is 0.826. The highest BCUT2D eigenvalue weighted by Crippen LogP contribution is 2.20. The molecule has 0 rings (SSSR count). The van der Waals surface area contributed by atoms with Gasteiger partial charge in [0.1, 0.15) is 0 Å². The SMILES string of the molecule is C=CCOCC(CC)(CO)CO.CC(=O)O.CC(=O)O. The molecule has 0 saturated carbocycles. The van der Waals surface area contributed by atoms with Crippen molar-refractivity contribution in [3.63, 3.8) is 0 Å². The lowest BCUT2D eigenvalue weighted by Gasteiger charge is -2.27. The van der Waals surface area contributed by atoms with E-state index in [1.807, 2.05) is 6.92 Å². The summed E-state index contributed by atoms with van der Waals surface area (Å²) in [7, 11) is 0. The van der Waals surface area contributed by atoms with Crippen molar-refractivity contribution in [3.05, 3.63) is 12.7 Å². The van der Waals surface area contributed by atoms with Gasteiger partial charge in [0.15, 0.2) is 0 Å². The molecule has 0 aromatic heterocycles. The standard InChI is InChI=1S/C9H18O3.2C2H4O2/c1-3-5-12-8-9(4-2,6-10)7-11;2*1-2(3)4/h3,10-11H,1,4-8H2,2H3;2*1H3,(H,3,4). The average Bonchev–Trinajstić information content (AvgIpc) is 2.34. The van der Waals surface area contributed by atoms with E-state index < -0.39 is 17.4 Å². The van der Waals surface area contributed by atoms with Crippen molar-refractivity contribution in [2.45, 2.75) is 27.2 Å². The van der Waals surface area contributed by atoms with Crippen LogP contribution in [0.1, 0.15) is 27.2 Å². The van der Waals surface area contributed by atoms with Crippen LogP contribution in [-0.2, 0) is 14.3 Å². The largest absolute Gasteiger partial charge is 0.481 e. The van der Waals surface area contributed by atoms with Crippen molar-refractivity contribution >= 4 is 11.9 Å². The highest BCUT2D eigenvalue weighted by atomic mass is 16.5. The number of aliphatic carboxylic acids is 2. The minimum atomic E-state index is -0.833. The molecule has 0 aliphatic rings. The van der Waals surface area contributed by atoms with Crippen LogP contribution in [0.5, 0.6) is 0 Å². The average molecular weight is 294 g/mol. The molecule has 0 heterocycles. The number of hydrogen-bond donors (Lipinski definition) is 4. The molecule has 0 atom stereocenters. The van der Waals surface area contributed by atoms with Crippen LogP contribution in [0.2, 0.25) is 0 Å². The Balaban J connectivity index is -0.000000297. The normalized spacial score (nSPS) is 9.45. The van der Waals surface area contributed by atoms with Gasteiger partial charge in [0.2, 0.25) is 0 Å². The van der Waals surface area contributed by atoms with Gasteiger partial charge in [-0.1, -0.05) is 13.0 Å². The molecule has 0 aromatic rings. The molecule has 0 bridgehead atoms. The molecule has 0 aliphatic heterocycles. The first kappa shape index (κ1) is 23.6. The van der Waals surface area contributed by atoms with Crippen LogP contribution >= 0.6 is 0 Å². The van der Waals surface area contributed by atoms with Crippen LogP contribution < -0.4 is 0 Å². The second-order valence-electron chi connectivity index (χ2n) is 4.01. The van der Waals surface area contributed by atoms with E-state index in [0.29, 0.717) is 19.6 Å². The van der Waals surface area contributed by atoms with Gasteiger partial charge in [-0.25, -0.2) is 0 Å². The summed E-state index contributed by atoms with van der Waals surface area (Å²) in [5, 5.41) is 32.9. The summed E-state index contributed by atoms with van der Waals surface area (Å²) in [6.45, 7) is 8.34. The van der Waals surface area contributed by atoms with Gasteiger partial charge >= 0.3 is 0 Å². The molecule has 7 nitrogen and oxygen atoms in total. The first-order valence-electron chi connectivity index (χ1n) is 6.00. The predicted molar refractivity (Wildman–Crippen MR) is 74.5 cm³/mol. The molecule has 4 N–H and O–H groups in total. The summed E-state index contributed by atoms with van der Waals surface area (Å²) in [6.07, 6.45) is 2.35. The first-order valence-corrected chi connectivity index (χ1v) is 6.00. The molecule has 0 aromatic carbocycles. The molecule has 120 valence electrons. The Morgan fingerprint density at radius 1 is 1.15 bits per heavy atom. The number of rotatable bonds is 7. The molecule has 0 radical (unpaired) electrons. The molecule has 0 spiro atoms. The number of carboxylic acid groups (broad SMARTS) is 2. The van der Waals surface area contributed by atoms with Gasteiger partial charge in [-0.3, -0.25) is 9.59 Å². The van der Waals surface area contributed by atoms with Gasteiger partial charge in [-0.05, 0) is 6.42 Å². The minimum absolute atomic E-state index is 0.0445. The van der Waals surface area contributed by atoms with Crippen LogP contribution in [0.4, 0.5) is 0 Å². The molecular weight excluding hydrogens is 268 g/mol. The lowest BCUT2D eigenvalue weighted by molar-refractivity contribution is -0.135. The van der Waals surface area contributed by atoms with Gasteiger partial charge in [0.05, 0.1) is 26.4 Å². The highest BCUT2D eigenvalue weighted by Gasteiger charge is 2.26. The van der Waals surface area contributed by atoms with E-state index in [0.717, 1.165) is 13.8 Å². The number of carbonyl (C=O) groups is 2. The smallest absolute Gasteiger partial charge is 0.300 e. The zero-order valence-corrected chi connectivity index (χ0v) is 12.3. The van der Waals surface area contributed by atoms with Crippen molar-refractivity contribution in [3.8, 4) is 0 Å². The van der Waals surface area contributed by atoms with Crippen molar-refractivity contribution < 1.29 is 34.8 Å². The maximum absolute atomic E-state index is 9.01. The Kier molecular flexibility index (Phi) is 18.5. The summed E-state index contributed by atoms with van der Waals surface area (Å²) in [5.41, 5.74) is -0.483. The highest BCUT2D eigenvalue weighted by molar-refractivity contribution is 5.63. The van der Waals surface area contributed by atoms with E-state index in [1.165, 1.54) is 0 Å². The molecule has 0 fully saturated rings. The monoisotopic (exact) mass is 294 g/mol. The Hall–Kier alpha value is -1.44. The summed E-state index contributed by atoms with van der Waals surface area (Å²) < 4.78 is 5.18. The van der Waals surface area contributed by atoms with Crippen molar-refractivity contribution in [1.82, 2.24) is 0 Å². The van der Waals surface area contributed by atoms with Crippen LogP contribution in [0.3, 0.4) is 0 Å². The molecular formula is C13H26O7. The fourth-order valence-corrected chi connectivity index (χ4v) is 0.826. The van der Waals surface area contributed by atoms with Gasteiger partial charge in [0.25, 0.3) is 11.9 Å². The van der Waals surface area contributed by atoms with Gasteiger partial charge in [-0.15, -0.1) is 6.58 Å². The van der Waals surface area contributed by atoms with E-state index in [2.05, 4.69) is 6.58 Å². The number of carboxylic acids is 2. The summed E-state index contributed by atoms with van der Waals surface area (Å²) in [5.74, 6) is -1.67. The Morgan fingerprint density at radius 2 is 1.50 bits per heavy atom. The summed E-state index contributed by atoms with van der Waals surface area (Å²) in [4.78, 5) is 18.0. The predicted octanol–water partition coefficient (Wildman–Crippen LogP) is 0.752. The third-order valence-electron chi connectivity index (χ3n) is 2.06. The lowest BCUT2D eigenvalue weighted by Crippen LogP contribution is -2.34. The molecule has 0 amide bonds. The fraction of sp³-hybridized carbons (Fsp3) is 0.692. The molecule has 0 saturated heterocycles. The number of ether oxygens (including phenoxy) is 1. The second-order valence-corrected chi connectivity index (χ2v) is 4.01. The number of aliphatic hydroxyl groups is 2. The number of hydrogen-bond acceptors (Lipinski definition) is 5. The van der Waals surface area contributed by atoms with Gasteiger partial charge in [-0.2, -0.15) is 0 Å². The lowest BCUT2D eigenvalue weighted by atomic mass is 9.88. The first-order chi connectivity index (χ1) is 9.21. The van der Waals surface area contributed by atoms with Crippen LogP contribution in [-0.4, -0.2) is 58.8 Å². The Morgan fingerprint density at radius 3 is 1.70 bits per heavy atom. The second kappa shape index (κ2) is 15.6. The van der Waals surface area contributed by atoms with Gasteiger partial charge in [0, 0.05) is 19.3 Å². The molecule has 20 heavy (non-hydrogen) atoms. The van der Waals surface area contributed by atoms with Crippen molar-refractivity contribution in [2.75, 3.05) is 26.4 Å². The van der Waals surface area contributed by atoms with E-state index in [-0.39, 0.29) is 13.2 Å². The third-order valence-corrected chi connectivity index (χ3v) is 2.06. The zero-order chi connectivity index (χ0) is 16.6. The van der Waals surface area contributed by atoms with Crippen LogP contribution in [0.25, 0.3) is 0 Å². The molecule has 7 heteroatoms. The molecule has 0 unspecified atom stereocenters. The Labute approximate surface area is 119 Å². The van der Waals surface area contributed by atoms with Crippen LogP contribution in [0, 0.1) is 5.41 Å². The summed E-state index contributed by atoms with van der Waals surface area (Å²) in [6, 6.07) is 0. The maximum atomic E-state index is 9.01. The van der Waals surface area contributed by atoms with Crippen LogP contribution in [0.15, 0.2) is 12.7 Å².